The van der Waals surface area contributed by atoms with Gasteiger partial charge in [0.25, 0.3) is 0 Å². The van der Waals surface area contributed by atoms with Crippen LogP contribution in [-0.2, 0) is 14.4 Å². The van der Waals surface area contributed by atoms with Crippen LogP contribution in [0.5, 0.6) is 0 Å². The normalized spacial score (nSPS) is 32.4. The van der Waals surface area contributed by atoms with Crippen LogP contribution in [0.4, 0.5) is 0 Å². The average molecular weight is 315 g/mol. The molecule has 118 valence electrons. The van der Waals surface area contributed by atoms with Crippen molar-refractivity contribution in [1.82, 2.24) is 4.90 Å². The van der Waals surface area contributed by atoms with Gasteiger partial charge in [0, 0.05) is 10.2 Å². The van der Waals surface area contributed by atoms with Gasteiger partial charge in [0.2, 0.25) is 5.91 Å². The Morgan fingerprint density at radius 2 is 1.86 bits per heavy atom. The van der Waals surface area contributed by atoms with Gasteiger partial charge in [0.05, 0.1) is 5.37 Å². The lowest BCUT2D eigenvalue weighted by molar-refractivity contribution is -0.172. The number of β-lactam (4-membered cyclic amide) rings is 1. The third-order valence-electron chi connectivity index (χ3n) is 4.06. The van der Waals surface area contributed by atoms with E-state index in [1.54, 1.807) is 34.6 Å². The molecule has 2 saturated heterocycles. The summed E-state index contributed by atoms with van der Waals surface area (Å²) in [4.78, 5) is 37.1. The smallest absolute Gasteiger partial charge is 0.327 e. The first-order valence-electron chi connectivity index (χ1n) is 6.85. The summed E-state index contributed by atoms with van der Waals surface area (Å²) < 4.78 is -0.647. The number of rotatable bonds is 3. The minimum Gasteiger partial charge on any atom is -0.480 e. The number of hydrogen-bond donors (Lipinski definition) is 2. The van der Waals surface area contributed by atoms with Gasteiger partial charge >= 0.3 is 5.97 Å². The van der Waals surface area contributed by atoms with Crippen LogP contribution in [0.1, 0.15) is 34.6 Å². The van der Waals surface area contributed by atoms with E-state index in [4.69, 9.17) is 0 Å². The number of hydrogen-bond acceptors (Lipinski definition) is 5. The van der Waals surface area contributed by atoms with Crippen LogP contribution in [0.15, 0.2) is 0 Å². The molecule has 6 nitrogen and oxygen atoms in total. The standard InChI is InChI=1S/C14H21NO5S/c1-13(2,3)9(17)7(16)6-10(18)15-8(12(19)20)14(4,5)21-11(6)15/h6-8,11,16H,1-5H3,(H,19,20)/t6-,7+,8+,11-/m1/s1. The molecule has 0 spiro atoms. The van der Waals surface area contributed by atoms with E-state index in [-0.39, 0.29) is 0 Å². The van der Waals surface area contributed by atoms with E-state index in [0.717, 1.165) is 0 Å². The number of carbonyl (C=O) groups is 3. The summed E-state index contributed by atoms with van der Waals surface area (Å²) in [5, 5.41) is 19.1. The Hall–Kier alpha value is -1.08. The van der Waals surface area contributed by atoms with Gasteiger partial charge in [-0.15, -0.1) is 11.8 Å². The first-order chi connectivity index (χ1) is 9.39. The SMILES string of the molecule is CC(C)(C)C(=O)[C@@H](O)[C@@H]1C(=O)N2[C@@H]1SC(C)(C)[C@@H]2C(=O)O. The lowest BCUT2D eigenvalue weighted by Crippen LogP contribution is -2.66. The third-order valence-corrected chi connectivity index (χ3v) is 5.66. The van der Waals surface area contributed by atoms with E-state index < -0.39 is 51.3 Å². The van der Waals surface area contributed by atoms with Crippen LogP contribution < -0.4 is 0 Å². The van der Waals surface area contributed by atoms with Gasteiger partial charge in [-0.2, -0.15) is 0 Å². The minimum absolute atomic E-state index is 0.391. The van der Waals surface area contributed by atoms with Crippen LogP contribution in [0, 0.1) is 11.3 Å². The summed E-state index contributed by atoms with van der Waals surface area (Å²) in [6, 6.07) is -0.923. The maximum Gasteiger partial charge on any atom is 0.327 e. The topological polar surface area (TPSA) is 94.9 Å². The van der Waals surface area contributed by atoms with Crippen LogP contribution in [0.25, 0.3) is 0 Å². The maximum absolute atomic E-state index is 12.3. The molecule has 0 aromatic heterocycles. The van der Waals surface area contributed by atoms with Crippen molar-refractivity contribution < 1.29 is 24.6 Å². The van der Waals surface area contributed by atoms with E-state index in [9.17, 15) is 24.6 Å². The Morgan fingerprint density at radius 1 is 1.33 bits per heavy atom. The van der Waals surface area contributed by atoms with Crippen molar-refractivity contribution in [3.05, 3.63) is 0 Å². The second-order valence-corrected chi connectivity index (χ2v) is 8.95. The number of carbonyl (C=O) groups excluding carboxylic acids is 2. The zero-order valence-corrected chi connectivity index (χ0v) is 13.6. The Balaban J connectivity index is 2.24. The highest BCUT2D eigenvalue weighted by molar-refractivity contribution is 8.01. The Bertz CT molecular complexity index is 510. The number of ketones is 1. The zero-order chi connectivity index (χ0) is 16.3. The Kier molecular flexibility index (Phi) is 3.65. The zero-order valence-electron chi connectivity index (χ0n) is 12.8. The molecule has 21 heavy (non-hydrogen) atoms. The number of nitrogens with zero attached hydrogens (tertiary/aromatic N) is 1. The van der Waals surface area contributed by atoms with Crippen molar-refractivity contribution in [1.29, 1.82) is 0 Å². The summed E-state index contributed by atoms with van der Waals surface area (Å²) in [7, 11) is 0. The fourth-order valence-electron chi connectivity index (χ4n) is 2.94. The molecule has 0 aromatic rings. The molecular formula is C14H21NO5S. The van der Waals surface area contributed by atoms with Crippen LogP contribution >= 0.6 is 11.8 Å². The summed E-state index contributed by atoms with van der Waals surface area (Å²) >= 11 is 1.33. The largest absolute Gasteiger partial charge is 0.480 e. The maximum atomic E-state index is 12.3. The first-order valence-corrected chi connectivity index (χ1v) is 7.73. The number of amides is 1. The quantitative estimate of drug-likeness (QED) is 0.745. The summed E-state index contributed by atoms with van der Waals surface area (Å²) in [6.45, 7) is 8.58. The van der Waals surface area contributed by atoms with E-state index in [1.165, 1.54) is 16.7 Å². The van der Waals surface area contributed by atoms with Gasteiger partial charge in [-0.25, -0.2) is 4.79 Å². The second kappa shape index (κ2) is 4.71. The van der Waals surface area contributed by atoms with E-state index >= 15 is 0 Å². The molecule has 0 bridgehead atoms. The fraction of sp³-hybridized carbons (Fsp3) is 0.786. The number of aliphatic hydroxyl groups excluding tert-OH is 1. The number of aliphatic hydroxyl groups is 1. The molecule has 0 saturated carbocycles. The monoisotopic (exact) mass is 315 g/mol. The van der Waals surface area contributed by atoms with E-state index in [2.05, 4.69) is 0 Å². The predicted octanol–water partition coefficient (Wildman–Crippen LogP) is 0.726. The molecule has 2 aliphatic rings. The van der Waals surface area contributed by atoms with E-state index in [0.29, 0.717) is 0 Å². The van der Waals surface area contributed by atoms with Crippen molar-refractivity contribution in [3.63, 3.8) is 0 Å². The van der Waals surface area contributed by atoms with Crippen molar-refractivity contribution in [3.8, 4) is 0 Å². The molecule has 1 amide bonds. The molecule has 4 atom stereocenters. The van der Waals surface area contributed by atoms with Crippen LogP contribution in [0.2, 0.25) is 0 Å². The summed E-state index contributed by atoms with van der Waals surface area (Å²) in [5.74, 6) is -2.74. The molecule has 2 heterocycles. The lowest BCUT2D eigenvalue weighted by atomic mass is 9.79. The Labute approximate surface area is 127 Å². The minimum atomic E-state index is -1.38. The van der Waals surface area contributed by atoms with Crippen molar-refractivity contribution in [2.24, 2.45) is 11.3 Å². The first kappa shape index (κ1) is 16.3. The van der Waals surface area contributed by atoms with Crippen molar-refractivity contribution in [2.75, 3.05) is 0 Å². The molecule has 2 rings (SSSR count). The van der Waals surface area contributed by atoms with Gasteiger partial charge in [0.15, 0.2) is 5.78 Å². The molecule has 0 radical (unpaired) electrons. The average Bonchev–Trinajstić information content (AvgIpc) is 2.55. The van der Waals surface area contributed by atoms with Crippen LogP contribution in [-0.4, -0.2) is 55.0 Å². The molecule has 0 aliphatic carbocycles. The van der Waals surface area contributed by atoms with Gasteiger partial charge in [-0.3, -0.25) is 9.59 Å². The van der Waals surface area contributed by atoms with E-state index in [1.807, 2.05) is 0 Å². The lowest BCUT2D eigenvalue weighted by Gasteiger charge is -2.45. The summed E-state index contributed by atoms with van der Waals surface area (Å²) in [5.41, 5.74) is -0.745. The summed E-state index contributed by atoms with van der Waals surface area (Å²) in [6.07, 6.45) is -1.38. The molecule has 7 heteroatoms. The van der Waals surface area contributed by atoms with Crippen LogP contribution in [0.3, 0.4) is 0 Å². The molecule has 2 aliphatic heterocycles. The molecule has 2 N–H and O–H groups in total. The number of thioether (sulfide) groups is 1. The highest BCUT2D eigenvalue weighted by atomic mass is 32.2. The fourth-order valence-corrected chi connectivity index (χ4v) is 4.66. The molecule has 2 fully saturated rings. The molecule has 0 aromatic carbocycles. The number of aliphatic carboxylic acids is 1. The van der Waals surface area contributed by atoms with Gasteiger partial charge in [-0.1, -0.05) is 20.8 Å². The van der Waals surface area contributed by atoms with Gasteiger partial charge in [-0.05, 0) is 13.8 Å². The van der Waals surface area contributed by atoms with Gasteiger partial charge < -0.3 is 15.1 Å². The number of fused-ring (bicyclic) bond motifs is 1. The highest BCUT2D eigenvalue weighted by Gasteiger charge is 2.66. The molecular weight excluding hydrogens is 294 g/mol. The predicted molar refractivity (Wildman–Crippen MR) is 77.7 cm³/mol. The number of carboxylic acid groups (broad SMARTS) is 1. The van der Waals surface area contributed by atoms with Crippen molar-refractivity contribution in [2.45, 2.75) is 56.9 Å². The van der Waals surface area contributed by atoms with Gasteiger partial charge in [0.1, 0.15) is 18.1 Å². The number of Topliss-reactive ketones (excluding diaryl/α,β-unsaturated/α-hetero) is 1. The number of carboxylic acids is 1. The van der Waals surface area contributed by atoms with Crippen molar-refractivity contribution >= 4 is 29.4 Å². The second-order valence-electron chi connectivity index (χ2n) is 7.18. The molecule has 0 unspecified atom stereocenters. The highest BCUT2D eigenvalue weighted by Crippen LogP contribution is 2.54. The third kappa shape index (κ3) is 2.36. The Morgan fingerprint density at radius 3 is 2.29 bits per heavy atom.